The fraction of sp³-hybridized carbons (Fsp3) is 0.0870. The van der Waals surface area contributed by atoms with Crippen molar-refractivity contribution < 1.29 is 13.2 Å². The van der Waals surface area contributed by atoms with Gasteiger partial charge in [-0.15, -0.1) is 0 Å². The van der Waals surface area contributed by atoms with Crippen LogP contribution in [0.15, 0.2) is 88.7 Å². The Bertz CT molecular complexity index is 1140. The van der Waals surface area contributed by atoms with E-state index < -0.39 is 9.84 Å². The molecule has 0 amide bonds. The molecular weight excluding hydrogens is 370 g/mol. The summed E-state index contributed by atoms with van der Waals surface area (Å²) in [5, 5.41) is 9.48. The minimum atomic E-state index is -3.90. The van der Waals surface area contributed by atoms with Gasteiger partial charge in [-0.05, 0) is 42.3 Å². The van der Waals surface area contributed by atoms with Gasteiger partial charge in [0.15, 0.2) is 0 Å². The van der Waals surface area contributed by atoms with Crippen LogP contribution in [0.5, 0.6) is 5.75 Å². The molecule has 28 heavy (non-hydrogen) atoms. The van der Waals surface area contributed by atoms with Gasteiger partial charge in [0.1, 0.15) is 23.3 Å². The summed E-state index contributed by atoms with van der Waals surface area (Å²) in [6.45, 7) is 2.36. The first-order valence-corrected chi connectivity index (χ1v) is 10.2. The van der Waals surface area contributed by atoms with Crippen molar-refractivity contribution in [1.82, 2.24) is 0 Å². The van der Waals surface area contributed by atoms with E-state index in [-0.39, 0.29) is 9.80 Å². The molecule has 0 atom stereocenters. The van der Waals surface area contributed by atoms with Gasteiger partial charge in [-0.25, -0.2) is 8.42 Å². The van der Waals surface area contributed by atoms with Crippen molar-refractivity contribution in [2.45, 2.75) is 18.4 Å². The molecule has 0 saturated heterocycles. The van der Waals surface area contributed by atoms with Gasteiger partial charge in [-0.3, -0.25) is 0 Å². The standard InChI is InChI=1S/C23H19NO3S/c1-18-9-5-6-11-20(18)17-27-23-14-8-7-10-19(23)15-22(16-24)28(25,26)21-12-3-2-4-13-21/h2-15H,17H2,1H3. The van der Waals surface area contributed by atoms with Crippen molar-refractivity contribution in [3.8, 4) is 11.8 Å². The maximum Gasteiger partial charge on any atom is 0.216 e. The molecule has 0 fully saturated rings. The fourth-order valence-corrected chi connectivity index (χ4v) is 3.87. The number of aryl methyl sites for hydroxylation is 1. The summed E-state index contributed by atoms with van der Waals surface area (Å²) in [4.78, 5) is -0.244. The molecule has 0 aliphatic heterocycles. The van der Waals surface area contributed by atoms with Crippen LogP contribution in [0, 0.1) is 18.3 Å². The average molecular weight is 389 g/mol. The second-order valence-corrected chi connectivity index (χ2v) is 8.11. The van der Waals surface area contributed by atoms with Crippen LogP contribution in [-0.4, -0.2) is 8.42 Å². The number of nitriles is 1. The highest BCUT2D eigenvalue weighted by Gasteiger charge is 2.21. The molecule has 0 unspecified atom stereocenters. The van der Waals surface area contributed by atoms with Gasteiger partial charge in [0.2, 0.25) is 9.84 Å². The third-order valence-corrected chi connectivity index (χ3v) is 5.98. The van der Waals surface area contributed by atoms with Crippen LogP contribution in [0.25, 0.3) is 6.08 Å². The lowest BCUT2D eigenvalue weighted by Gasteiger charge is -2.11. The fourth-order valence-electron chi connectivity index (χ4n) is 2.70. The Morgan fingerprint density at radius 1 is 0.964 bits per heavy atom. The molecule has 140 valence electrons. The van der Waals surface area contributed by atoms with Crippen molar-refractivity contribution in [1.29, 1.82) is 5.26 Å². The number of rotatable bonds is 6. The Morgan fingerprint density at radius 3 is 2.32 bits per heavy atom. The molecular formula is C23H19NO3S. The lowest BCUT2D eigenvalue weighted by atomic mass is 10.1. The zero-order valence-electron chi connectivity index (χ0n) is 15.4. The topological polar surface area (TPSA) is 67.2 Å². The highest BCUT2D eigenvalue weighted by molar-refractivity contribution is 7.95. The first-order chi connectivity index (χ1) is 13.5. The molecule has 5 heteroatoms. The van der Waals surface area contributed by atoms with Crippen molar-refractivity contribution in [2.24, 2.45) is 0 Å². The molecule has 0 N–H and O–H groups in total. The van der Waals surface area contributed by atoms with Crippen LogP contribution in [-0.2, 0) is 16.4 Å². The normalized spacial score (nSPS) is 11.6. The van der Waals surface area contributed by atoms with E-state index in [4.69, 9.17) is 4.74 Å². The van der Waals surface area contributed by atoms with Crippen molar-refractivity contribution in [3.63, 3.8) is 0 Å². The quantitative estimate of drug-likeness (QED) is 0.562. The first kappa shape index (κ1) is 19.4. The van der Waals surface area contributed by atoms with E-state index in [9.17, 15) is 13.7 Å². The monoisotopic (exact) mass is 389 g/mol. The number of hydrogen-bond acceptors (Lipinski definition) is 4. The van der Waals surface area contributed by atoms with Crippen molar-refractivity contribution in [2.75, 3.05) is 0 Å². The van der Waals surface area contributed by atoms with Crippen LogP contribution in [0.4, 0.5) is 0 Å². The van der Waals surface area contributed by atoms with Gasteiger partial charge >= 0.3 is 0 Å². The summed E-state index contributed by atoms with van der Waals surface area (Å²) in [7, 11) is -3.90. The Labute approximate surface area is 165 Å². The van der Waals surface area contributed by atoms with Gasteiger partial charge in [0, 0.05) is 5.56 Å². The van der Waals surface area contributed by atoms with Gasteiger partial charge < -0.3 is 4.74 Å². The summed E-state index contributed by atoms with van der Waals surface area (Å²) in [6.07, 6.45) is 1.36. The van der Waals surface area contributed by atoms with Gasteiger partial charge in [0.05, 0.1) is 4.90 Å². The molecule has 3 aromatic carbocycles. The number of nitrogens with zero attached hydrogens (tertiary/aromatic N) is 1. The summed E-state index contributed by atoms with van der Waals surface area (Å²) in [5.74, 6) is 0.516. The SMILES string of the molecule is Cc1ccccc1COc1ccccc1C=C(C#N)S(=O)(=O)c1ccccc1. The third-order valence-electron chi connectivity index (χ3n) is 4.30. The number of allylic oxidation sites excluding steroid dienone is 1. The van der Waals surface area contributed by atoms with E-state index in [0.29, 0.717) is 17.9 Å². The van der Waals surface area contributed by atoms with E-state index >= 15 is 0 Å². The van der Waals surface area contributed by atoms with Crippen LogP contribution in [0.1, 0.15) is 16.7 Å². The van der Waals surface area contributed by atoms with Gasteiger partial charge in [-0.1, -0.05) is 60.7 Å². The minimum Gasteiger partial charge on any atom is -0.488 e. The third kappa shape index (κ3) is 4.30. The average Bonchev–Trinajstić information content (AvgIpc) is 2.72. The molecule has 0 aromatic heterocycles. The Balaban J connectivity index is 1.93. The Hall–Kier alpha value is -3.36. The number of hydrogen-bond donors (Lipinski definition) is 0. The maximum absolute atomic E-state index is 12.8. The summed E-state index contributed by atoms with van der Waals surface area (Å²) >= 11 is 0. The van der Waals surface area contributed by atoms with E-state index in [1.165, 1.54) is 18.2 Å². The summed E-state index contributed by atoms with van der Waals surface area (Å²) < 4.78 is 31.5. The number of benzene rings is 3. The van der Waals surface area contributed by atoms with Crippen LogP contribution in [0.2, 0.25) is 0 Å². The molecule has 3 rings (SSSR count). The highest BCUT2D eigenvalue weighted by Crippen LogP contribution is 2.26. The lowest BCUT2D eigenvalue weighted by Crippen LogP contribution is -2.04. The smallest absolute Gasteiger partial charge is 0.216 e. The number of sulfone groups is 1. The van der Waals surface area contributed by atoms with Crippen LogP contribution < -0.4 is 4.74 Å². The molecule has 3 aromatic rings. The van der Waals surface area contributed by atoms with Crippen LogP contribution >= 0.6 is 0 Å². The largest absolute Gasteiger partial charge is 0.488 e. The van der Waals surface area contributed by atoms with E-state index in [2.05, 4.69) is 0 Å². The molecule has 0 heterocycles. The molecule has 0 radical (unpaired) electrons. The first-order valence-electron chi connectivity index (χ1n) is 8.70. The predicted octanol–water partition coefficient (Wildman–Crippen LogP) is 4.91. The van der Waals surface area contributed by atoms with E-state index in [1.807, 2.05) is 43.3 Å². The van der Waals surface area contributed by atoms with E-state index in [0.717, 1.165) is 11.1 Å². The predicted molar refractivity (Wildman–Crippen MR) is 109 cm³/mol. The molecule has 0 saturated carbocycles. The number of para-hydroxylation sites is 1. The van der Waals surface area contributed by atoms with Crippen molar-refractivity contribution >= 4 is 15.9 Å². The second kappa shape index (κ2) is 8.55. The maximum atomic E-state index is 12.8. The lowest BCUT2D eigenvalue weighted by molar-refractivity contribution is 0.305. The van der Waals surface area contributed by atoms with Crippen molar-refractivity contribution in [3.05, 3.63) is 100 Å². The summed E-state index contributed by atoms with van der Waals surface area (Å²) in [5.41, 5.74) is 2.69. The number of ether oxygens (including phenoxy) is 1. The minimum absolute atomic E-state index is 0.0844. The Kier molecular flexibility index (Phi) is 5.93. The summed E-state index contributed by atoms with van der Waals surface area (Å²) in [6, 6.07) is 24.7. The molecule has 0 aliphatic carbocycles. The van der Waals surface area contributed by atoms with E-state index in [1.54, 1.807) is 36.4 Å². The molecule has 0 bridgehead atoms. The van der Waals surface area contributed by atoms with Gasteiger partial charge in [0.25, 0.3) is 0 Å². The van der Waals surface area contributed by atoms with Gasteiger partial charge in [-0.2, -0.15) is 5.26 Å². The zero-order chi connectivity index (χ0) is 20.0. The Morgan fingerprint density at radius 2 is 1.61 bits per heavy atom. The zero-order valence-corrected chi connectivity index (χ0v) is 16.2. The molecule has 0 aliphatic rings. The second-order valence-electron chi connectivity index (χ2n) is 6.19. The molecule has 4 nitrogen and oxygen atoms in total. The highest BCUT2D eigenvalue weighted by atomic mass is 32.2. The molecule has 0 spiro atoms. The van der Waals surface area contributed by atoms with Crippen LogP contribution in [0.3, 0.4) is 0 Å².